The van der Waals surface area contributed by atoms with Gasteiger partial charge in [-0.3, -0.25) is 4.79 Å². The van der Waals surface area contributed by atoms with E-state index in [2.05, 4.69) is 12.6 Å². The summed E-state index contributed by atoms with van der Waals surface area (Å²) in [6, 6.07) is 0. The van der Waals surface area contributed by atoms with Crippen molar-refractivity contribution in [2.24, 2.45) is 0 Å². The molecule has 0 aromatic heterocycles. The third-order valence-corrected chi connectivity index (χ3v) is 0.406. The Morgan fingerprint density at radius 1 is 1.83 bits per heavy atom. The molecule has 0 atom stereocenters. The molecule has 0 saturated carbocycles. The molecule has 0 fully saturated rings. The number of carboxylic acids is 1. The van der Waals surface area contributed by atoms with Gasteiger partial charge >= 0.3 is 43.7 Å². The summed E-state index contributed by atoms with van der Waals surface area (Å²) in [4.78, 5) is 9.29. The second-order valence-electron chi connectivity index (χ2n) is 0.552. The summed E-state index contributed by atoms with van der Waals surface area (Å²) in [5, 5.41) is 7.65. The zero-order chi connectivity index (χ0) is 4.28. The van der Waals surface area contributed by atoms with E-state index in [1.54, 1.807) is 0 Å². The molecule has 4 heteroatoms. The van der Waals surface area contributed by atoms with E-state index in [0.29, 0.717) is 0 Å². The third kappa shape index (κ3) is 8.91. The van der Waals surface area contributed by atoms with E-state index in [0.717, 1.165) is 0 Å². The van der Waals surface area contributed by atoms with Gasteiger partial charge in [-0.2, -0.15) is 12.6 Å². The van der Waals surface area contributed by atoms with Crippen molar-refractivity contribution in [1.82, 2.24) is 0 Å². The van der Waals surface area contributed by atoms with Gasteiger partial charge in [0.25, 0.3) is 0 Å². The number of hydrogen-bond acceptors (Lipinski definition) is 2. The van der Waals surface area contributed by atoms with Crippen LogP contribution in [0.25, 0.3) is 0 Å². The van der Waals surface area contributed by atoms with Gasteiger partial charge in [-0.15, -0.1) is 0 Å². The predicted molar refractivity (Wildman–Crippen MR) is 27.2 cm³/mol. The number of rotatable bonds is 1. The smallest absolute Gasteiger partial charge is 0.481 e. The topological polar surface area (TPSA) is 37.3 Å². The van der Waals surface area contributed by atoms with E-state index in [4.69, 9.17) is 5.11 Å². The van der Waals surface area contributed by atoms with E-state index < -0.39 is 5.97 Å². The molecule has 2 nitrogen and oxygen atoms in total. The molecular formula is C2H4CaO2S+2. The van der Waals surface area contributed by atoms with Crippen LogP contribution in [0, 0.1) is 0 Å². The molecule has 0 saturated heterocycles. The number of thiol groups is 1. The van der Waals surface area contributed by atoms with Crippen molar-refractivity contribution in [3.8, 4) is 0 Å². The van der Waals surface area contributed by atoms with Crippen molar-refractivity contribution < 1.29 is 9.90 Å². The molecule has 0 aromatic carbocycles. The number of carbonyl (C=O) groups is 1. The Labute approximate surface area is 71.3 Å². The van der Waals surface area contributed by atoms with Crippen molar-refractivity contribution in [3.63, 3.8) is 0 Å². The van der Waals surface area contributed by atoms with E-state index in [1.807, 2.05) is 0 Å². The average molecular weight is 132 g/mol. The van der Waals surface area contributed by atoms with Gasteiger partial charge in [-0.25, -0.2) is 0 Å². The molecule has 0 rings (SSSR count). The van der Waals surface area contributed by atoms with Crippen molar-refractivity contribution in [1.29, 1.82) is 0 Å². The van der Waals surface area contributed by atoms with E-state index >= 15 is 0 Å². The molecule has 30 valence electrons. The van der Waals surface area contributed by atoms with Crippen LogP contribution in [0.4, 0.5) is 0 Å². The van der Waals surface area contributed by atoms with Gasteiger partial charge < -0.3 is 5.11 Å². The maximum absolute atomic E-state index is 9.29. The van der Waals surface area contributed by atoms with Crippen LogP contribution < -0.4 is 0 Å². The molecule has 0 aliphatic rings. The van der Waals surface area contributed by atoms with Crippen molar-refractivity contribution in [2.75, 3.05) is 5.75 Å². The molecule has 0 bridgehead atoms. The Bertz CT molecular complexity index is 46.8. The molecule has 0 heterocycles. The first-order chi connectivity index (χ1) is 2.27. The molecule has 0 aliphatic heterocycles. The van der Waals surface area contributed by atoms with Crippen LogP contribution in [-0.2, 0) is 4.79 Å². The summed E-state index contributed by atoms with van der Waals surface area (Å²) in [6.45, 7) is 0. The molecule has 0 aliphatic carbocycles. The standard InChI is InChI=1S/C2H4O2S.Ca/c3-2(4)1-5;/h5H,1H2,(H,3,4);/q;+2. The summed E-state index contributed by atoms with van der Waals surface area (Å²) in [7, 11) is 0. The van der Waals surface area contributed by atoms with E-state index in [9.17, 15) is 4.79 Å². The van der Waals surface area contributed by atoms with E-state index in [1.165, 1.54) is 0 Å². The summed E-state index contributed by atoms with van der Waals surface area (Å²) in [5.41, 5.74) is 0. The van der Waals surface area contributed by atoms with Crippen LogP contribution in [-0.4, -0.2) is 54.6 Å². The predicted octanol–water partition coefficient (Wildman–Crippen LogP) is -0.380. The third-order valence-electron chi connectivity index (χ3n) is 0.135. The fourth-order valence-electron chi connectivity index (χ4n) is 0. The van der Waals surface area contributed by atoms with Gasteiger partial charge in [0.15, 0.2) is 0 Å². The number of carboxylic acid groups (broad SMARTS) is 1. The Hall–Kier alpha value is 1.08. The van der Waals surface area contributed by atoms with E-state index in [-0.39, 0.29) is 43.5 Å². The fraction of sp³-hybridized carbons (Fsp3) is 0.500. The van der Waals surface area contributed by atoms with Gasteiger partial charge in [0.05, 0.1) is 5.75 Å². The second-order valence-corrected chi connectivity index (χ2v) is 0.868. The first-order valence-corrected chi connectivity index (χ1v) is 1.73. The van der Waals surface area contributed by atoms with Crippen molar-refractivity contribution in [2.45, 2.75) is 0 Å². The van der Waals surface area contributed by atoms with Crippen LogP contribution >= 0.6 is 12.6 Å². The van der Waals surface area contributed by atoms with Gasteiger partial charge in [0.2, 0.25) is 0 Å². The Morgan fingerprint density at radius 3 is 2.00 bits per heavy atom. The quantitative estimate of drug-likeness (QED) is 0.377. The van der Waals surface area contributed by atoms with Gasteiger partial charge in [-0.05, 0) is 0 Å². The summed E-state index contributed by atoms with van der Waals surface area (Å²) >= 11 is 3.42. The van der Waals surface area contributed by atoms with Crippen molar-refractivity contribution in [3.05, 3.63) is 0 Å². The zero-order valence-corrected chi connectivity index (χ0v) is 6.32. The normalized spacial score (nSPS) is 6.17. The van der Waals surface area contributed by atoms with Gasteiger partial charge in [0.1, 0.15) is 0 Å². The summed E-state index contributed by atoms with van der Waals surface area (Å²) in [6.07, 6.45) is 0. The number of aliphatic carboxylic acids is 1. The molecular weight excluding hydrogens is 128 g/mol. The van der Waals surface area contributed by atoms with Crippen LogP contribution in [0.2, 0.25) is 0 Å². The average Bonchev–Trinajstić information content (AvgIpc) is 1.38. The summed E-state index contributed by atoms with van der Waals surface area (Å²) < 4.78 is 0. The maximum atomic E-state index is 9.29. The fourth-order valence-corrected chi connectivity index (χ4v) is 0. The minimum absolute atomic E-state index is 0. The molecule has 0 radical (unpaired) electrons. The maximum Gasteiger partial charge on any atom is 2.00 e. The van der Waals surface area contributed by atoms with Crippen molar-refractivity contribution >= 4 is 56.3 Å². The van der Waals surface area contributed by atoms with Crippen LogP contribution in [0.3, 0.4) is 0 Å². The van der Waals surface area contributed by atoms with Gasteiger partial charge in [0, 0.05) is 0 Å². The Kier molecular flexibility index (Phi) is 10.3. The monoisotopic (exact) mass is 132 g/mol. The molecule has 1 N–H and O–H groups in total. The second kappa shape index (κ2) is 6.08. The Balaban J connectivity index is 0. The molecule has 6 heavy (non-hydrogen) atoms. The number of hydrogen-bond donors (Lipinski definition) is 2. The minimum Gasteiger partial charge on any atom is -0.481 e. The minimum atomic E-state index is -0.881. The molecule has 0 spiro atoms. The Morgan fingerprint density at radius 2 is 2.00 bits per heavy atom. The largest absolute Gasteiger partial charge is 2.00 e. The van der Waals surface area contributed by atoms with Crippen LogP contribution in [0.15, 0.2) is 0 Å². The molecule has 0 amide bonds. The molecule has 0 aromatic rings. The first-order valence-electron chi connectivity index (χ1n) is 1.10. The van der Waals surface area contributed by atoms with Gasteiger partial charge in [-0.1, -0.05) is 0 Å². The zero-order valence-electron chi connectivity index (χ0n) is 3.22. The van der Waals surface area contributed by atoms with Crippen LogP contribution in [0.5, 0.6) is 0 Å². The van der Waals surface area contributed by atoms with Crippen LogP contribution in [0.1, 0.15) is 0 Å². The first kappa shape index (κ1) is 10.1. The summed E-state index contributed by atoms with van der Waals surface area (Å²) in [5.74, 6) is -0.965. The molecule has 0 unspecified atom stereocenters. The SMILES string of the molecule is O=C(O)CS.[Ca+2].